The lowest BCUT2D eigenvalue weighted by Gasteiger charge is -2.20. The van der Waals surface area contributed by atoms with Gasteiger partial charge in [-0.15, -0.1) is 0 Å². The molecule has 0 radical (unpaired) electrons. The Kier molecular flexibility index (Phi) is 5.92. The molecule has 21 heavy (non-hydrogen) atoms. The molecule has 2 amide bonds. The number of rotatable bonds is 5. The van der Waals surface area contributed by atoms with Gasteiger partial charge in [0.2, 0.25) is 11.8 Å². The van der Waals surface area contributed by atoms with E-state index in [1.54, 1.807) is 12.1 Å². The summed E-state index contributed by atoms with van der Waals surface area (Å²) in [4.78, 5) is 23.2. The van der Waals surface area contributed by atoms with Gasteiger partial charge in [0.15, 0.2) is 0 Å². The van der Waals surface area contributed by atoms with Gasteiger partial charge < -0.3 is 10.6 Å². The zero-order valence-electron chi connectivity index (χ0n) is 12.7. The predicted octanol–water partition coefficient (Wildman–Crippen LogP) is 1.52. The Morgan fingerprint density at radius 2 is 1.76 bits per heavy atom. The Balaban J connectivity index is 2.31. The van der Waals surface area contributed by atoms with Gasteiger partial charge in [-0.05, 0) is 44.9 Å². The van der Waals surface area contributed by atoms with Crippen LogP contribution in [0.5, 0.6) is 0 Å². The van der Waals surface area contributed by atoms with Crippen LogP contribution in [-0.4, -0.2) is 23.9 Å². The van der Waals surface area contributed by atoms with E-state index in [9.17, 15) is 9.59 Å². The fourth-order valence-corrected chi connectivity index (χ4v) is 1.73. The summed E-state index contributed by atoms with van der Waals surface area (Å²) in [6, 6.07) is 9.16. The minimum atomic E-state index is -0.301. The third kappa shape index (κ3) is 7.11. The number of carbonyl (C=O) groups is 2. The second kappa shape index (κ2) is 7.44. The number of nitrogens with zero attached hydrogens (tertiary/aromatic N) is 1. The lowest BCUT2D eigenvalue weighted by molar-refractivity contribution is -0.126. The Hall–Kier alpha value is -2.35. The smallest absolute Gasteiger partial charge is 0.239 e. The Morgan fingerprint density at radius 3 is 2.29 bits per heavy atom. The van der Waals surface area contributed by atoms with Crippen molar-refractivity contribution in [3.05, 3.63) is 35.4 Å². The number of amides is 2. The average molecular weight is 287 g/mol. The van der Waals surface area contributed by atoms with Crippen LogP contribution in [0.1, 0.15) is 38.3 Å². The second-order valence-electron chi connectivity index (χ2n) is 5.88. The molecule has 1 rings (SSSR count). The molecule has 0 saturated heterocycles. The lowest BCUT2D eigenvalue weighted by atomic mass is 10.1. The highest BCUT2D eigenvalue weighted by Crippen LogP contribution is 2.05. The van der Waals surface area contributed by atoms with Crippen molar-refractivity contribution in [2.24, 2.45) is 0 Å². The highest BCUT2D eigenvalue weighted by Gasteiger charge is 2.14. The van der Waals surface area contributed by atoms with E-state index in [2.05, 4.69) is 10.6 Å². The van der Waals surface area contributed by atoms with Gasteiger partial charge in [-0.2, -0.15) is 5.26 Å². The zero-order valence-corrected chi connectivity index (χ0v) is 12.7. The summed E-state index contributed by atoms with van der Waals surface area (Å²) in [7, 11) is 0. The Morgan fingerprint density at radius 1 is 1.14 bits per heavy atom. The van der Waals surface area contributed by atoms with Crippen molar-refractivity contribution in [1.29, 1.82) is 5.26 Å². The zero-order chi connectivity index (χ0) is 15.9. The van der Waals surface area contributed by atoms with Crippen molar-refractivity contribution in [1.82, 2.24) is 10.6 Å². The molecule has 0 unspecified atom stereocenters. The topological polar surface area (TPSA) is 82.0 Å². The molecule has 0 aliphatic heterocycles. The molecule has 0 atom stereocenters. The van der Waals surface area contributed by atoms with E-state index < -0.39 is 0 Å². The van der Waals surface area contributed by atoms with E-state index in [4.69, 9.17) is 5.26 Å². The van der Waals surface area contributed by atoms with Gasteiger partial charge in [0.25, 0.3) is 0 Å². The second-order valence-corrected chi connectivity index (χ2v) is 5.88. The Labute approximate surface area is 125 Å². The molecular weight excluding hydrogens is 266 g/mol. The van der Waals surface area contributed by atoms with Crippen molar-refractivity contribution in [3.63, 3.8) is 0 Å². The van der Waals surface area contributed by atoms with Crippen LogP contribution in [-0.2, 0) is 16.0 Å². The first-order valence-electron chi connectivity index (χ1n) is 6.87. The molecule has 112 valence electrons. The molecule has 0 bridgehead atoms. The highest BCUT2D eigenvalue weighted by molar-refractivity contribution is 5.85. The average Bonchev–Trinajstić information content (AvgIpc) is 2.41. The van der Waals surface area contributed by atoms with E-state index in [1.165, 1.54) is 0 Å². The van der Waals surface area contributed by atoms with Crippen LogP contribution in [0.2, 0.25) is 0 Å². The van der Waals surface area contributed by atoms with Crippen molar-refractivity contribution < 1.29 is 9.59 Å². The van der Waals surface area contributed by atoms with E-state index in [-0.39, 0.29) is 23.9 Å². The van der Waals surface area contributed by atoms with Gasteiger partial charge in [-0.25, -0.2) is 0 Å². The van der Waals surface area contributed by atoms with Gasteiger partial charge in [0, 0.05) is 12.0 Å². The molecule has 1 aromatic rings. The van der Waals surface area contributed by atoms with Crippen molar-refractivity contribution in [2.45, 2.75) is 39.2 Å². The number of benzene rings is 1. The van der Waals surface area contributed by atoms with Crippen molar-refractivity contribution >= 4 is 11.8 Å². The van der Waals surface area contributed by atoms with Gasteiger partial charge in [-0.3, -0.25) is 9.59 Å². The maximum atomic E-state index is 11.7. The minimum absolute atomic E-state index is 0.0104. The monoisotopic (exact) mass is 287 g/mol. The van der Waals surface area contributed by atoms with Crippen LogP contribution in [0.15, 0.2) is 24.3 Å². The first kappa shape index (κ1) is 16.7. The molecule has 0 aliphatic rings. The normalized spacial score (nSPS) is 10.6. The third-order valence-corrected chi connectivity index (χ3v) is 2.68. The quantitative estimate of drug-likeness (QED) is 0.861. The molecule has 0 fully saturated rings. The molecular formula is C16H21N3O2. The van der Waals surface area contributed by atoms with E-state index in [0.717, 1.165) is 5.56 Å². The number of hydrogen-bond acceptors (Lipinski definition) is 3. The lowest BCUT2D eigenvalue weighted by Crippen LogP contribution is -2.45. The summed E-state index contributed by atoms with van der Waals surface area (Å²) in [6.45, 7) is 5.65. The fourth-order valence-electron chi connectivity index (χ4n) is 1.73. The number of carbonyl (C=O) groups excluding carboxylic acids is 2. The molecule has 0 saturated carbocycles. The fraction of sp³-hybridized carbons (Fsp3) is 0.438. The first-order valence-corrected chi connectivity index (χ1v) is 6.87. The van der Waals surface area contributed by atoms with Crippen LogP contribution >= 0.6 is 0 Å². The number of hydrogen-bond donors (Lipinski definition) is 2. The SMILES string of the molecule is CC(C)(C)NC(=O)CNC(=O)CCc1ccc(C#N)cc1. The highest BCUT2D eigenvalue weighted by atomic mass is 16.2. The van der Waals surface area contributed by atoms with Gasteiger partial charge >= 0.3 is 0 Å². The van der Waals surface area contributed by atoms with Crippen LogP contribution in [0.25, 0.3) is 0 Å². The van der Waals surface area contributed by atoms with E-state index in [0.29, 0.717) is 18.4 Å². The van der Waals surface area contributed by atoms with E-state index in [1.807, 2.05) is 39.0 Å². The molecule has 2 N–H and O–H groups in total. The predicted molar refractivity (Wildman–Crippen MR) is 80.4 cm³/mol. The molecule has 0 spiro atoms. The molecule has 0 heterocycles. The number of nitrogens with one attached hydrogen (secondary N) is 2. The maximum absolute atomic E-state index is 11.7. The van der Waals surface area contributed by atoms with Crippen LogP contribution in [0.4, 0.5) is 0 Å². The van der Waals surface area contributed by atoms with Gasteiger partial charge in [0.05, 0.1) is 18.2 Å². The van der Waals surface area contributed by atoms with Crippen molar-refractivity contribution in [2.75, 3.05) is 6.54 Å². The molecule has 0 aliphatic carbocycles. The first-order chi connectivity index (χ1) is 9.80. The van der Waals surface area contributed by atoms with E-state index >= 15 is 0 Å². The third-order valence-electron chi connectivity index (χ3n) is 2.68. The molecule has 5 nitrogen and oxygen atoms in total. The number of nitriles is 1. The van der Waals surface area contributed by atoms with Crippen LogP contribution in [0.3, 0.4) is 0 Å². The maximum Gasteiger partial charge on any atom is 0.239 e. The Bertz CT molecular complexity index is 536. The summed E-state index contributed by atoms with van der Waals surface area (Å²) in [6.07, 6.45) is 0.896. The summed E-state index contributed by atoms with van der Waals surface area (Å²) in [5.74, 6) is -0.363. The van der Waals surface area contributed by atoms with Crippen LogP contribution < -0.4 is 10.6 Å². The molecule has 5 heteroatoms. The van der Waals surface area contributed by atoms with Crippen molar-refractivity contribution in [3.8, 4) is 6.07 Å². The van der Waals surface area contributed by atoms with Crippen LogP contribution in [0, 0.1) is 11.3 Å². The molecule has 0 aromatic heterocycles. The molecule has 1 aromatic carbocycles. The summed E-state index contributed by atoms with van der Waals surface area (Å²) < 4.78 is 0. The number of aryl methyl sites for hydroxylation is 1. The minimum Gasteiger partial charge on any atom is -0.350 e. The summed E-state index contributed by atoms with van der Waals surface area (Å²) >= 11 is 0. The standard InChI is InChI=1S/C16H21N3O2/c1-16(2,3)19-15(21)11-18-14(20)9-8-12-4-6-13(10-17)7-5-12/h4-7H,8-9,11H2,1-3H3,(H,18,20)(H,19,21). The van der Waals surface area contributed by atoms with Gasteiger partial charge in [0.1, 0.15) is 0 Å². The largest absolute Gasteiger partial charge is 0.350 e. The summed E-state index contributed by atoms with van der Waals surface area (Å²) in [5.41, 5.74) is 1.29. The van der Waals surface area contributed by atoms with Gasteiger partial charge in [-0.1, -0.05) is 12.1 Å². The summed E-state index contributed by atoms with van der Waals surface area (Å²) in [5, 5.41) is 14.1.